The highest BCUT2D eigenvalue weighted by atomic mass is 16.5. The summed E-state index contributed by atoms with van der Waals surface area (Å²) in [6.45, 7) is 8.58. The molecule has 21 heavy (non-hydrogen) atoms. The first kappa shape index (κ1) is 17.5. The molecule has 0 aliphatic heterocycles. The molecule has 4 heteroatoms. The third-order valence-corrected chi connectivity index (χ3v) is 3.53. The van der Waals surface area contributed by atoms with E-state index in [1.54, 1.807) is 6.92 Å². The van der Waals surface area contributed by atoms with Crippen molar-refractivity contribution < 1.29 is 14.6 Å². The van der Waals surface area contributed by atoms with Crippen molar-refractivity contribution in [2.75, 3.05) is 6.61 Å². The van der Waals surface area contributed by atoms with Crippen molar-refractivity contribution in [3.05, 3.63) is 29.8 Å². The largest absolute Gasteiger partial charge is 0.493 e. The number of benzene rings is 1. The Bertz CT molecular complexity index is 475. The number of aliphatic carboxylic acids is 1. The van der Waals surface area contributed by atoms with Crippen molar-refractivity contribution >= 4 is 5.97 Å². The quantitative estimate of drug-likeness (QED) is 0.756. The zero-order valence-electron chi connectivity index (χ0n) is 13.5. The van der Waals surface area contributed by atoms with E-state index in [1.807, 2.05) is 18.2 Å². The molecule has 3 N–H and O–H groups in total. The number of nitrogens with two attached hydrogens (primary N) is 1. The highest BCUT2D eigenvalue weighted by molar-refractivity contribution is 5.77. The van der Waals surface area contributed by atoms with Crippen LogP contribution >= 0.6 is 0 Å². The zero-order chi connectivity index (χ0) is 16.1. The molecule has 1 aromatic rings. The van der Waals surface area contributed by atoms with Gasteiger partial charge in [0, 0.05) is 0 Å². The number of carbonyl (C=O) groups is 1. The Hall–Kier alpha value is -1.55. The van der Waals surface area contributed by atoms with Crippen LogP contribution in [0.3, 0.4) is 0 Å². The lowest BCUT2D eigenvalue weighted by molar-refractivity contribution is -0.142. The predicted molar refractivity (Wildman–Crippen MR) is 84.7 cm³/mol. The molecule has 0 aliphatic rings. The molecule has 0 saturated heterocycles. The summed E-state index contributed by atoms with van der Waals surface area (Å²) in [7, 11) is 0. The number of hydrogen-bond donors (Lipinski definition) is 2. The van der Waals surface area contributed by atoms with Crippen LogP contribution in [-0.2, 0) is 10.2 Å². The average Bonchev–Trinajstić information content (AvgIpc) is 2.37. The van der Waals surface area contributed by atoms with E-state index in [9.17, 15) is 4.79 Å². The third-order valence-electron chi connectivity index (χ3n) is 3.53. The Kier molecular flexibility index (Phi) is 5.78. The van der Waals surface area contributed by atoms with Crippen molar-refractivity contribution in [1.82, 2.24) is 0 Å². The van der Waals surface area contributed by atoms with Crippen LogP contribution < -0.4 is 10.5 Å². The molecule has 1 aromatic carbocycles. The Morgan fingerprint density at radius 3 is 2.38 bits per heavy atom. The lowest BCUT2D eigenvalue weighted by atomic mass is 9.86. The maximum Gasteiger partial charge on any atom is 0.323 e. The number of rotatable bonds is 7. The van der Waals surface area contributed by atoms with Gasteiger partial charge >= 0.3 is 5.97 Å². The summed E-state index contributed by atoms with van der Waals surface area (Å²) in [6, 6.07) is 8.04. The van der Waals surface area contributed by atoms with Crippen LogP contribution in [-0.4, -0.2) is 23.2 Å². The van der Waals surface area contributed by atoms with E-state index < -0.39 is 11.5 Å². The fourth-order valence-corrected chi connectivity index (χ4v) is 2.10. The SMILES string of the molecule is CC(N)(CCCCOc1ccccc1C(C)(C)C)C(=O)O. The van der Waals surface area contributed by atoms with Gasteiger partial charge in [0.15, 0.2) is 0 Å². The van der Waals surface area contributed by atoms with Gasteiger partial charge in [0.2, 0.25) is 0 Å². The summed E-state index contributed by atoms with van der Waals surface area (Å²) < 4.78 is 5.85. The molecule has 0 aromatic heterocycles. The van der Waals surface area contributed by atoms with E-state index in [1.165, 1.54) is 5.56 Å². The summed E-state index contributed by atoms with van der Waals surface area (Å²) in [6.07, 6.45) is 1.97. The van der Waals surface area contributed by atoms with Gasteiger partial charge in [0.25, 0.3) is 0 Å². The van der Waals surface area contributed by atoms with Gasteiger partial charge in [0.1, 0.15) is 11.3 Å². The van der Waals surface area contributed by atoms with Crippen molar-refractivity contribution in [3.8, 4) is 5.75 Å². The first-order valence-corrected chi connectivity index (χ1v) is 7.39. The molecule has 0 heterocycles. The van der Waals surface area contributed by atoms with Crippen molar-refractivity contribution in [3.63, 3.8) is 0 Å². The second-order valence-corrected chi connectivity index (χ2v) is 6.77. The Morgan fingerprint density at radius 2 is 1.81 bits per heavy atom. The highest BCUT2D eigenvalue weighted by Gasteiger charge is 2.26. The van der Waals surface area contributed by atoms with Gasteiger partial charge in [-0.3, -0.25) is 4.79 Å². The van der Waals surface area contributed by atoms with Crippen LogP contribution in [0.1, 0.15) is 52.5 Å². The van der Waals surface area contributed by atoms with Gasteiger partial charge < -0.3 is 15.6 Å². The molecule has 4 nitrogen and oxygen atoms in total. The van der Waals surface area contributed by atoms with Gasteiger partial charge in [-0.2, -0.15) is 0 Å². The van der Waals surface area contributed by atoms with Gasteiger partial charge in [-0.1, -0.05) is 39.0 Å². The molecule has 0 aliphatic carbocycles. The Balaban J connectivity index is 2.46. The lowest BCUT2D eigenvalue weighted by Gasteiger charge is -2.23. The van der Waals surface area contributed by atoms with Crippen molar-refractivity contribution in [2.24, 2.45) is 5.73 Å². The molecule has 0 saturated carbocycles. The molecule has 118 valence electrons. The topological polar surface area (TPSA) is 72.5 Å². The van der Waals surface area contributed by atoms with E-state index in [0.29, 0.717) is 13.0 Å². The second-order valence-electron chi connectivity index (χ2n) is 6.77. The predicted octanol–water partition coefficient (Wildman–Crippen LogP) is 3.34. The molecular weight excluding hydrogens is 266 g/mol. The number of ether oxygens (including phenoxy) is 1. The minimum atomic E-state index is -1.15. The first-order chi connectivity index (χ1) is 9.64. The number of carboxylic acids is 1. The minimum absolute atomic E-state index is 0.0374. The van der Waals surface area contributed by atoms with Crippen LogP contribution in [0.4, 0.5) is 0 Å². The highest BCUT2D eigenvalue weighted by Crippen LogP contribution is 2.31. The zero-order valence-corrected chi connectivity index (χ0v) is 13.5. The minimum Gasteiger partial charge on any atom is -0.493 e. The van der Waals surface area contributed by atoms with Gasteiger partial charge in [0.05, 0.1) is 6.61 Å². The summed E-state index contributed by atoms with van der Waals surface area (Å²) in [4.78, 5) is 10.9. The number of carboxylic acid groups (broad SMARTS) is 1. The van der Waals surface area contributed by atoms with E-state index in [-0.39, 0.29) is 5.41 Å². The number of unbranched alkanes of at least 4 members (excludes halogenated alkanes) is 1. The van der Waals surface area contributed by atoms with E-state index in [2.05, 4.69) is 26.8 Å². The molecule has 1 unspecified atom stereocenters. The maximum absolute atomic E-state index is 10.9. The number of hydrogen-bond acceptors (Lipinski definition) is 3. The maximum atomic E-state index is 10.9. The summed E-state index contributed by atoms with van der Waals surface area (Å²) in [5, 5.41) is 8.95. The van der Waals surface area contributed by atoms with E-state index >= 15 is 0 Å². The van der Waals surface area contributed by atoms with Crippen molar-refractivity contribution in [2.45, 2.75) is 57.9 Å². The molecular formula is C17H27NO3. The monoisotopic (exact) mass is 293 g/mol. The normalized spacial score (nSPS) is 14.5. The molecule has 0 fully saturated rings. The lowest BCUT2D eigenvalue weighted by Crippen LogP contribution is -2.44. The fourth-order valence-electron chi connectivity index (χ4n) is 2.10. The van der Waals surface area contributed by atoms with Crippen LogP contribution in [0, 0.1) is 0 Å². The summed E-state index contributed by atoms with van der Waals surface area (Å²) >= 11 is 0. The summed E-state index contributed by atoms with van der Waals surface area (Å²) in [5.74, 6) is -0.0553. The Morgan fingerprint density at radius 1 is 1.19 bits per heavy atom. The van der Waals surface area contributed by atoms with Gasteiger partial charge in [-0.05, 0) is 43.2 Å². The number of para-hydroxylation sites is 1. The fraction of sp³-hybridized carbons (Fsp3) is 0.588. The standard InChI is InChI=1S/C17H27NO3/c1-16(2,3)13-9-5-6-10-14(13)21-12-8-7-11-17(4,18)15(19)20/h5-6,9-10H,7-8,11-12,18H2,1-4H3,(H,19,20). The molecule has 0 spiro atoms. The molecule has 1 atom stereocenters. The van der Waals surface area contributed by atoms with Crippen molar-refractivity contribution in [1.29, 1.82) is 0 Å². The molecule has 0 radical (unpaired) electrons. The van der Waals surface area contributed by atoms with E-state index in [4.69, 9.17) is 15.6 Å². The van der Waals surface area contributed by atoms with Crippen LogP contribution in [0.2, 0.25) is 0 Å². The average molecular weight is 293 g/mol. The van der Waals surface area contributed by atoms with Crippen LogP contribution in [0.15, 0.2) is 24.3 Å². The van der Waals surface area contributed by atoms with E-state index in [0.717, 1.165) is 18.6 Å². The molecule has 0 bridgehead atoms. The molecule has 0 amide bonds. The van der Waals surface area contributed by atoms with Crippen LogP contribution in [0.5, 0.6) is 5.75 Å². The Labute approximate surface area is 127 Å². The van der Waals surface area contributed by atoms with Crippen LogP contribution in [0.25, 0.3) is 0 Å². The second kappa shape index (κ2) is 6.94. The van der Waals surface area contributed by atoms with Gasteiger partial charge in [-0.25, -0.2) is 0 Å². The van der Waals surface area contributed by atoms with Gasteiger partial charge in [-0.15, -0.1) is 0 Å². The molecule has 1 rings (SSSR count). The first-order valence-electron chi connectivity index (χ1n) is 7.39. The summed E-state index contributed by atoms with van der Waals surface area (Å²) in [5.41, 5.74) is 5.76. The smallest absolute Gasteiger partial charge is 0.323 e. The third kappa shape index (κ3) is 5.38.